The maximum absolute atomic E-state index is 10.8. The molecule has 2 heterocycles. The van der Waals surface area contributed by atoms with Crippen LogP contribution in [0.1, 0.15) is 18.4 Å². The lowest BCUT2D eigenvalue weighted by molar-refractivity contribution is -0.105. The highest BCUT2D eigenvalue weighted by Crippen LogP contribution is 2.33. The van der Waals surface area contributed by atoms with Gasteiger partial charge in [0.25, 0.3) is 0 Å². The molecule has 1 aromatic heterocycles. The van der Waals surface area contributed by atoms with Gasteiger partial charge in [-0.15, -0.1) is 0 Å². The predicted octanol–water partition coefficient (Wildman–Crippen LogP) is 2.14. The van der Waals surface area contributed by atoms with Crippen LogP contribution in [-0.2, 0) is 10.4 Å². The number of rotatable bonds is 4. The van der Waals surface area contributed by atoms with E-state index in [1.807, 2.05) is 42.5 Å². The maximum atomic E-state index is 10.8. The number of carbonyl (C=O) groups is 1. The van der Waals surface area contributed by atoms with Gasteiger partial charge >= 0.3 is 0 Å². The Labute approximate surface area is 129 Å². The summed E-state index contributed by atoms with van der Waals surface area (Å²) in [5.74, 6) is 0.867. The number of amides is 1. The van der Waals surface area contributed by atoms with E-state index in [4.69, 9.17) is 0 Å². The van der Waals surface area contributed by atoms with Crippen molar-refractivity contribution in [1.82, 2.24) is 4.98 Å². The molecule has 0 aliphatic carbocycles. The molecule has 1 amide bonds. The molecule has 1 aliphatic rings. The lowest BCUT2D eigenvalue weighted by Crippen LogP contribution is -2.42. The molecular weight excluding hydrogens is 278 g/mol. The van der Waals surface area contributed by atoms with Crippen molar-refractivity contribution in [2.75, 3.05) is 23.3 Å². The van der Waals surface area contributed by atoms with Crippen LogP contribution >= 0.6 is 0 Å². The van der Waals surface area contributed by atoms with Crippen LogP contribution in [0.2, 0.25) is 0 Å². The van der Waals surface area contributed by atoms with Crippen LogP contribution in [0, 0.1) is 0 Å². The normalized spacial score (nSPS) is 17.0. The van der Waals surface area contributed by atoms with Crippen molar-refractivity contribution in [2.45, 2.75) is 18.4 Å². The van der Waals surface area contributed by atoms with Gasteiger partial charge in [-0.1, -0.05) is 30.3 Å². The molecule has 2 N–H and O–H groups in total. The van der Waals surface area contributed by atoms with E-state index in [2.05, 4.69) is 15.2 Å². The van der Waals surface area contributed by atoms with E-state index in [-0.39, 0.29) is 0 Å². The summed E-state index contributed by atoms with van der Waals surface area (Å²) < 4.78 is 0. The Morgan fingerprint density at radius 2 is 1.86 bits per heavy atom. The van der Waals surface area contributed by atoms with Gasteiger partial charge in [-0.05, 0) is 30.5 Å². The van der Waals surface area contributed by atoms with E-state index < -0.39 is 5.60 Å². The zero-order valence-corrected chi connectivity index (χ0v) is 12.3. The molecule has 1 aliphatic heterocycles. The molecule has 0 unspecified atom stereocenters. The van der Waals surface area contributed by atoms with Crippen LogP contribution in [0.25, 0.3) is 0 Å². The van der Waals surface area contributed by atoms with Crippen molar-refractivity contribution in [3.05, 3.63) is 54.2 Å². The number of anilines is 2. The van der Waals surface area contributed by atoms with Gasteiger partial charge in [0.1, 0.15) is 5.82 Å². The minimum atomic E-state index is -0.753. The molecule has 5 heteroatoms. The van der Waals surface area contributed by atoms with E-state index in [1.54, 1.807) is 6.20 Å². The molecule has 0 saturated carbocycles. The van der Waals surface area contributed by atoms with Crippen LogP contribution < -0.4 is 10.2 Å². The van der Waals surface area contributed by atoms with Crippen LogP contribution in [0.3, 0.4) is 0 Å². The number of nitrogens with zero attached hydrogens (tertiary/aromatic N) is 2. The molecule has 114 valence electrons. The lowest BCUT2D eigenvalue weighted by Gasteiger charge is -2.39. The zero-order chi connectivity index (χ0) is 15.4. The fourth-order valence-electron chi connectivity index (χ4n) is 2.87. The molecule has 1 saturated heterocycles. The summed E-state index contributed by atoms with van der Waals surface area (Å²) in [4.78, 5) is 16.9. The Kier molecular flexibility index (Phi) is 4.06. The Balaban J connectivity index is 1.67. The van der Waals surface area contributed by atoms with Gasteiger partial charge in [0.2, 0.25) is 6.41 Å². The predicted molar refractivity (Wildman–Crippen MR) is 85.7 cm³/mol. The number of nitrogens with one attached hydrogen (secondary N) is 1. The standard InChI is InChI=1S/C17H19N3O2/c21-13-19-15-6-7-16(18-12-15)20-10-8-17(22,9-11-20)14-4-2-1-3-5-14/h1-7,12-13,22H,8-11H2,(H,19,21). The van der Waals surface area contributed by atoms with Crippen molar-refractivity contribution in [3.63, 3.8) is 0 Å². The first kappa shape index (κ1) is 14.5. The topological polar surface area (TPSA) is 65.5 Å². The number of carbonyl (C=O) groups excluding carboxylic acids is 1. The number of piperidine rings is 1. The zero-order valence-electron chi connectivity index (χ0n) is 12.3. The van der Waals surface area contributed by atoms with Crippen LogP contribution in [0.5, 0.6) is 0 Å². The van der Waals surface area contributed by atoms with Crippen molar-refractivity contribution in [3.8, 4) is 0 Å². The number of hydrogen-bond acceptors (Lipinski definition) is 4. The van der Waals surface area contributed by atoms with Gasteiger partial charge in [0.15, 0.2) is 0 Å². The van der Waals surface area contributed by atoms with Crippen molar-refractivity contribution >= 4 is 17.9 Å². The first-order valence-corrected chi connectivity index (χ1v) is 7.40. The van der Waals surface area contributed by atoms with Crippen molar-refractivity contribution in [1.29, 1.82) is 0 Å². The summed E-state index contributed by atoms with van der Waals surface area (Å²) in [6.45, 7) is 1.50. The van der Waals surface area contributed by atoms with Gasteiger partial charge in [-0.25, -0.2) is 4.98 Å². The average Bonchev–Trinajstić information content (AvgIpc) is 2.58. The van der Waals surface area contributed by atoms with E-state index in [9.17, 15) is 9.90 Å². The Morgan fingerprint density at radius 1 is 1.14 bits per heavy atom. The molecule has 1 fully saturated rings. The molecule has 1 aromatic carbocycles. The quantitative estimate of drug-likeness (QED) is 0.849. The van der Waals surface area contributed by atoms with Gasteiger partial charge in [-0.2, -0.15) is 0 Å². The number of pyridine rings is 1. The third-order valence-electron chi connectivity index (χ3n) is 4.20. The van der Waals surface area contributed by atoms with Crippen molar-refractivity contribution in [2.24, 2.45) is 0 Å². The fourth-order valence-corrected chi connectivity index (χ4v) is 2.87. The third-order valence-corrected chi connectivity index (χ3v) is 4.20. The summed E-state index contributed by atoms with van der Waals surface area (Å²) >= 11 is 0. The Bertz CT molecular complexity index is 620. The SMILES string of the molecule is O=CNc1ccc(N2CCC(O)(c3ccccc3)CC2)nc1. The van der Waals surface area contributed by atoms with Gasteiger partial charge in [-0.3, -0.25) is 4.79 Å². The minimum absolute atomic E-state index is 0.636. The van der Waals surface area contributed by atoms with E-state index in [0.717, 1.165) is 24.5 Å². The molecule has 0 spiro atoms. The van der Waals surface area contributed by atoms with Gasteiger partial charge in [0, 0.05) is 13.1 Å². The third kappa shape index (κ3) is 2.94. The Morgan fingerprint density at radius 3 is 2.45 bits per heavy atom. The highest BCUT2D eigenvalue weighted by atomic mass is 16.3. The molecule has 22 heavy (non-hydrogen) atoms. The largest absolute Gasteiger partial charge is 0.385 e. The maximum Gasteiger partial charge on any atom is 0.211 e. The smallest absolute Gasteiger partial charge is 0.211 e. The number of aromatic nitrogens is 1. The lowest BCUT2D eigenvalue weighted by atomic mass is 9.84. The number of aliphatic hydroxyl groups is 1. The summed E-state index contributed by atoms with van der Waals surface area (Å²) in [5, 5.41) is 13.4. The van der Waals surface area contributed by atoms with E-state index in [1.165, 1.54) is 0 Å². The molecule has 5 nitrogen and oxygen atoms in total. The van der Waals surface area contributed by atoms with Crippen LogP contribution in [0.15, 0.2) is 48.7 Å². The van der Waals surface area contributed by atoms with E-state index in [0.29, 0.717) is 24.9 Å². The monoisotopic (exact) mass is 297 g/mol. The van der Waals surface area contributed by atoms with Gasteiger partial charge < -0.3 is 15.3 Å². The molecule has 0 atom stereocenters. The fraction of sp³-hybridized carbons (Fsp3) is 0.294. The summed E-state index contributed by atoms with van der Waals surface area (Å²) in [7, 11) is 0. The summed E-state index contributed by atoms with van der Waals surface area (Å²) in [6.07, 6.45) is 3.62. The summed E-state index contributed by atoms with van der Waals surface area (Å²) in [5.41, 5.74) is 0.904. The molecule has 0 radical (unpaired) electrons. The first-order valence-electron chi connectivity index (χ1n) is 7.40. The van der Waals surface area contributed by atoms with Gasteiger partial charge in [0.05, 0.1) is 17.5 Å². The number of hydrogen-bond donors (Lipinski definition) is 2. The second-order valence-corrected chi connectivity index (χ2v) is 5.55. The van der Waals surface area contributed by atoms with Crippen LogP contribution in [0.4, 0.5) is 11.5 Å². The Hall–Kier alpha value is -2.40. The minimum Gasteiger partial charge on any atom is -0.385 e. The first-order chi connectivity index (χ1) is 10.7. The van der Waals surface area contributed by atoms with Crippen molar-refractivity contribution < 1.29 is 9.90 Å². The second-order valence-electron chi connectivity index (χ2n) is 5.55. The molecule has 3 rings (SSSR count). The van der Waals surface area contributed by atoms with E-state index >= 15 is 0 Å². The average molecular weight is 297 g/mol. The second kappa shape index (κ2) is 6.15. The molecule has 2 aromatic rings. The van der Waals surface area contributed by atoms with Crippen LogP contribution in [-0.4, -0.2) is 29.6 Å². The summed E-state index contributed by atoms with van der Waals surface area (Å²) in [6, 6.07) is 13.6. The molecular formula is C17H19N3O2. The molecule has 0 bridgehead atoms. The highest BCUT2D eigenvalue weighted by molar-refractivity contribution is 5.71. The highest BCUT2D eigenvalue weighted by Gasteiger charge is 2.34. The number of benzene rings is 1.